The fraction of sp³-hybridized carbons (Fsp3) is 0.304. The van der Waals surface area contributed by atoms with Gasteiger partial charge in [-0.05, 0) is 30.0 Å². The van der Waals surface area contributed by atoms with Crippen LogP contribution in [-0.4, -0.2) is 34.5 Å². The molecule has 1 fully saturated rings. The van der Waals surface area contributed by atoms with Crippen molar-refractivity contribution in [1.82, 2.24) is 15.4 Å². The van der Waals surface area contributed by atoms with E-state index in [1.54, 1.807) is 0 Å². The van der Waals surface area contributed by atoms with Crippen molar-refractivity contribution in [1.29, 1.82) is 0 Å². The van der Waals surface area contributed by atoms with Gasteiger partial charge in [0, 0.05) is 17.4 Å². The van der Waals surface area contributed by atoms with Gasteiger partial charge in [0.2, 0.25) is 11.6 Å². The number of piperazine rings is 1. The van der Waals surface area contributed by atoms with E-state index in [0.29, 0.717) is 17.2 Å². The molecule has 2 atom stereocenters. The van der Waals surface area contributed by atoms with Crippen LogP contribution in [0.5, 0.6) is 0 Å². The average molecular weight is 459 g/mol. The van der Waals surface area contributed by atoms with Crippen molar-refractivity contribution in [2.75, 3.05) is 6.54 Å². The van der Waals surface area contributed by atoms with Crippen LogP contribution in [0.4, 0.5) is 13.2 Å². The molecule has 0 spiro atoms. The molecule has 1 saturated heterocycles. The quantitative estimate of drug-likeness (QED) is 0.595. The first-order chi connectivity index (χ1) is 15.8. The smallest absolute Gasteiger partial charge is 0.346 e. The van der Waals surface area contributed by atoms with E-state index in [1.807, 2.05) is 44.2 Å². The zero-order valence-corrected chi connectivity index (χ0v) is 18.0. The van der Waals surface area contributed by atoms with Crippen LogP contribution in [-0.2, 0) is 4.79 Å². The molecule has 1 N–H and O–H groups in total. The second kappa shape index (κ2) is 9.05. The first-order valence-electron chi connectivity index (χ1n) is 10.5. The fourth-order valence-corrected chi connectivity index (χ4v) is 3.87. The Hall–Kier alpha value is -3.69. The highest BCUT2D eigenvalue weighted by molar-refractivity contribution is 5.96. The monoisotopic (exact) mass is 459 g/mol. The number of rotatable bonds is 5. The zero-order chi connectivity index (χ0) is 23.7. The third kappa shape index (κ3) is 4.46. The van der Waals surface area contributed by atoms with Crippen LogP contribution in [0, 0.1) is 23.5 Å². The Morgan fingerprint density at radius 3 is 2.61 bits per heavy atom. The lowest BCUT2D eigenvalue weighted by atomic mass is 9.95. The van der Waals surface area contributed by atoms with E-state index in [9.17, 15) is 18.4 Å². The lowest BCUT2D eigenvalue weighted by Gasteiger charge is -2.39. The average Bonchev–Trinajstić information content (AvgIpc) is 3.16. The molecule has 0 unspecified atom stereocenters. The molecule has 1 aromatic heterocycles. The summed E-state index contributed by atoms with van der Waals surface area (Å²) in [6.07, 6.45) is 0.352. The second-order valence-corrected chi connectivity index (χ2v) is 8.28. The molecule has 33 heavy (non-hydrogen) atoms. The standard InChI is InChI=1S/C23H21F3N4O3/c1-13(2)10-19-22(31)27-17(14-6-4-3-5-7-14)12-29(19)23(32)20-21(26)30(33-28-20)18-9-8-15(24)11-16(18)25/h3-9,11,13,17,19H,10,12H2,1-2H3/p+1/t17-,19+/m1/s1. The first kappa shape index (κ1) is 22.5. The second-order valence-electron chi connectivity index (χ2n) is 8.28. The molecule has 0 aliphatic carbocycles. The van der Waals surface area contributed by atoms with Gasteiger partial charge in [-0.3, -0.25) is 9.59 Å². The van der Waals surface area contributed by atoms with E-state index in [0.717, 1.165) is 17.7 Å². The van der Waals surface area contributed by atoms with Gasteiger partial charge in [0.1, 0.15) is 11.9 Å². The number of halogens is 3. The third-order valence-electron chi connectivity index (χ3n) is 5.45. The summed E-state index contributed by atoms with van der Waals surface area (Å²) in [6, 6.07) is 10.2. The van der Waals surface area contributed by atoms with Crippen molar-refractivity contribution in [3.63, 3.8) is 0 Å². The van der Waals surface area contributed by atoms with Crippen LogP contribution in [0.1, 0.15) is 42.4 Å². The highest BCUT2D eigenvalue weighted by Crippen LogP contribution is 2.26. The lowest BCUT2D eigenvalue weighted by Crippen LogP contribution is -2.58. The van der Waals surface area contributed by atoms with Crippen molar-refractivity contribution >= 4 is 11.8 Å². The van der Waals surface area contributed by atoms with Crippen molar-refractivity contribution in [2.45, 2.75) is 32.4 Å². The number of hydrogen-bond acceptors (Lipinski definition) is 4. The maximum Gasteiger partial charge on any atom is 0.381 e. The van der Waals surface area contributed by atoms with Gasteiger partial charge in [0.15, 0.2) is 11.0 Å². The third-order valence-corrected chi connectivity index (χ3v) is 5.45. The Balaban J connectivity index is 1.69. The maximum atomic E-state index is 15.1. The first-order valence-corrected chi connectivity index (χ1v) is 10.5. The van der Waals surface area contributed by atoms with Crippen LogP contribution in [0.25, 0.3) is 5.69 Å². The van der Waals surface area contributed by atoms with E-state index < -0.39 is 47.0 Å². The highest BCUT2D eigenvalue weighted by Gasteiger charge is 2.44. The van der Waals surface area contributed by atoms with E-state index in [-0.39, 0.29) is 18.4 Å². The van der Waals surface area contributed by atoms with Crippen molar-refractivity contribution in [2.24, 2.45) is 5.92 Å². The number of nitrogens with zero attached hydrogens (tertiary/aromatic N) is 3. The van der Waals surface area contributed by atoms with Crippen molar-refractivity contribution in [3.05, 3.63) is 77.4 Å². The molecule has 2 amide bonds. The predicted molar refractivity (Wildman–Crippen MR) is 110 cm³/mol. The number of aromatic nitrogens is 2. The lowest BCUT2D eigenvalue weighted by molar-refractivity contribution is -0.816. The zero-order valence-electron chi connectivity index (χ0n) is 18.0. The Labute approximate surface area is 187 Å². The molecule has 4 rings (SSSR count). The minimum atomic E-state index is -1.25. The van der Waals surface area contributed by atoms with Crippen LogP contribution < -0.4 is 10.1 Å². The number of amides is 2. The Morgan fingerprint density at radius 2 is 1.94 bits per heavy atom. The Kier molecular flexibility index (Phi) is 6.17. The summed E-state index contributed by atoms with van der Waals surface area (Å²) in [4.78, 5) is 27.5. The van der Waals surface area contributed by atoms with E-state index in [1.165, 1.54) is 4.90 Å². The normalized spacial score (nSPS) is 18.5. The van der Waals surface area contributed by atoms with Gasteiger partial charge >= 0.3 is 17.5 Å². The minimum absolute atomic E-state index is 0.0738. The maximum absolute atomic E-state index is 15.1. The Morgan fingerprint density at radius 1 is 1.21 bits per heavy atom. The van der Waals surface area contributed by atoms with Gasteiger partial charge in [-0.25, -0.2) is 8.78 Å². The number of benzene rings is 2. The molecule has 2 heterocycles. The molecule has 7 nitrogen and oxygen atoms in total. The van der Waals surface area contributed by atoms with Crippen LogP contribution in [0.2, 0.25) is 0 Å². The molecule has 0 bridgehead atoms. The van der Waals surface area contributed by atoms with Gasteiger partial charge < -0.3 is 10.2 Å². The van der Waals surface area contributed by atoms with Crippen LogP contribution in [0.3, 0.4) is 0 Å². The molecule has 1 aliphatic heterocycles. The number of hydrogen-bond donors (Lipinski definition) is 1. The largest absolute Gasteiger partial charge is 0.381 e. The molecule has 2 aromatic carbocycles. The summed E-state index contributed by atoms with van der Waals surface area (Å²) in [5.41, 5.74) is -0.359. The summed E-state index contributed by atoms with van der Waals surface area (Å²) in [6.45, 7) is 3.89. The minimum Gasteiger partial charge on any atom is -0.346 e. The van der Waals surface area contributed by atoms with E-state index >= 15 is 4.39 Å². The van der Waals surface area contributed by atoms with E-state index in [4.69, 9.17) is 4.63 Å². The summed E-state index contributed by atoms with van der Waals surface area (Å²) in [5, 5.41) is 6.42. The predicted octanol–water partition coefficient (Wildman–Crippen LogP) is 3.10. The number of nitrogens with one attached hydrogen (secondary N) is 1. The van der Waals surface area contributed by atoms with Gasteiger partial charge in [0.25, 0.3) is 0 Å². The molecule has 1 aliphatic rings. The summed E-state index contributed by atoms with van der Waals surface area (Å²) >= 11 is 0. The van der Waals surface area contributed by atoms with Gasteiger partial charge in [-0.1, -0.05) is 48.8 Å². The Bertz CT molecular complexity index is 1180. The number of carbonyl (C=O) groups excluding carboxylic acids is 2. The van der Waals surface area contributed by atoms with Gasteiger partial charge in [0.05, 0.1) is 6.04 Å². The summed E-state index contributed by atoms with van der Waals surface area (Å²) in [7, 11) is 0. The summed E-state index contributed by atoms with van der Waals surface area (Å²) in [5.74, 6) is -4.35. The molecule has 10 heteroatoms. The van der Waals surface area contributed by atoms with Crippen molar-refractivity contribution < 1.29 is 32.1 Å². The molecule has 172 valence electrons. The summed E-state index contributed by atoms with van der Waals surface area (Å²) < 4.78 is 47.7. The highest BCUT2D eigenvalue weighted by atomic mass is 19.1. The SMILES string of the molecule is CC(C)C[C@H]1C(=O)N[C@@H](c2ccccc2)CN1C(=O)c1no[n+](-c2ccc(F)cc2F)c1F. The topological polar surface area (TPSA) is 79.3 Å². The molecule has 0 saturated carbocycles. The van der Waals surface area contributed by atoms with E-state index in [2.05, 4.69) is 10.5 Å². The van der Waals surface area contributed by atoms with Gasteiger partial charge in [-0.15, -0.1) is 4.39 Å². The molecule has 3 aromatic rings. The van der Waals surface area contributed by atoms with Gasteiger partial charge in [-0.2, -0.15) is 0 Å². The molecule has 0 radical (unpaired) electrons. The number of carbonyl (C=O) groups is 2. The molecular formula is C23H22F3N4O3+. The fourth-order valence-electron chi connectivity index (χ4n) is 3.87. The van der Waals surface area contributed by atoms with Crippen LogP contribution in [0.15, 0.2) is 53.2 Å². The van der Waals surface area contributed by atoms with Crippen LogP contribution >= 0.6 is 0 Å². The molecular weight excluding hydrogens is 437 g/mol. The van der Waals surface area contributed by atoms with Crippen molar-refractivity contribution in [3.8, 4) is 5.69 Å².